The summed E-state index contributed by atoms with van der Waals surface area (Å²) in [6.45, 7) is 0.0962. The molecule has 3 rings (SSSR count). The van der Waals surface area contributed by atoms with E-state index < -0.39 is 22.0 Å². The molecule has 2 aromatic carbocycles. The zero-order valence-corrected chi connectivity index (χ0v) is 16.4. The van der Waals surface area contributed by atoms with Gasteiger partial charge in [-0.2, -0.15) is 0 Å². The van der Waals surface area contributed by atoms with E-state index in [2.05, 4.69) is 5.32 Å². The number of hydrogen-bond donors (Lipinski definition) is 1. The number of rotatable bonds is 5. The smallest absolute Gasteiger partial charge is 0.263 e. The average molecular weight is 411 g/mol. The lowest BCUT2D eigenvalue weighted by atomic mass is 10.2. The Kier molecular flexibility index (Phi) is 5.48. The van der Waals surface area contributed by atoms with Crippen LogP contribution < -0.4 is 19.1 Å². The Morgan fingerprint density at radius 3 is 2.78 bits per heavy atom. The van der Waals surface area contributed by atoms with Crippen molar-refractivity contribution in [3.63, 3.8) is 0 Å². The van der Waals surface area contributed by atoms with E-state index in [1.54, 1.807) is 25.3 Å². The molecule has 144 valence electrons. The van der Waals surface area contributed by atoms with Crippen LogP contribution in [0.1, 0.15) is 5.56 Å². The van der Waals surface area contributed by atoms with Gasteiger partial charge < -0.3 is 14.8 Å². The lowest BCUT2D eigenvalue weighted by Gasteiger charge is -2.34. The fourth-order valence-electron chi connectivity index (χ4n) is 2.82. The van der Waals surface area contributed by atoms with Gasteiger partial charge in [0.15, 0.2) is 6.10 Å². The maximum Gasteiger partial charge on any atom is 0.263 e. The molecule has 0 saturated heterocycles. The maximum absolute atomic E-state index is 12.6. The van der Waals surface area contributed by atoms with E-state index in [4.69, 9.17) is 21.1 Å². The number of amides is 1. The van der Waals surface area contributed by atoms with Gasteiger partial charge in [0.25, 0.3) is 5.91 Å². The molecule has 27 heavy (non-hydrogen) atoms. The summed E-state index contributed by atoms with van der Waals surface area (Å²) >= 11 is 5.97. The second-order valence-corrected chi connectivity index (χ2v) is 8.39. The molecule has 9 heteroatoms. The van der Waals surface area contributed by atoms with Crippen molar-refractivity contribution in [2.45, 2.75) is 12.6 Å². The highest BCUT2D eigenvalue weighted by atomic mass is 35.5. The highest BCUT2D eigenvalue weighted by Crippen LogP contribution is 2.37. The molecule has 0 saturated carbocycles. The highest BCUT2D eigenvalue weighted by Gasteiger charge is 2.35. The predicted molar refractivity (Wildman–Crippen MR) is 103 cm³/mol. The van der Waals surface area contributed by atoms with Crippen molar-refractivity contribution in [1.82, 2.24) is 5.32 Å². The number of fused-ring (bicyclic) bond motifs is 1. The second-order valence-electron chi connectivity index (χ2n) is 6.04. The Morgan fingerprint density at radius 2 is 2.07 bits per heavy atom. The molecule has 1 atom stereocenters. The number of nitrogens with zero attached hydrogens (tertiary/aromatic N) is 1. The fraction of sp³-hybridized carbons (Fsp3) is 0.278. The van der Waals surface area contributed by atoms with Crippen LogP contribution in [0.4, 0.5) is 5.69 Å². The number of anilines is 1. The van der Waals surface area contributed by atoms with Crippen molar-refractivity contribution in [2.24, 2.45) is 0 Å². The maximum atomic E-state index is 12.6. The molecular weight excluding hydrogens is 392 g/mol. The summed E-state index contributed by atoms with van der Waals surface area (Å²) in [5.41, 5.74) is 1.12. The lowest BCUT2D eigenvalue weighted by molar-refractivity contribution is -0.127. The van der Waals surface area contributed by atoms with Crippen LogP contribution in [0.3, 0.4) is 0 Å². The number of halogens is 1. The minimum Gasteiger partial charge on any atom is -0.496 e. The van der Waals surface area contributed by atoms with Crippen LogP contribution in [0.15, 0.2) is 42.5 Å². The Labute approximate surface area is 162 Å². The monoisotopic (exact) mass is 410 g/mol. The van der Waals surface area contributed by atoms with E-state index in [1.807, 2.05) is 18.2 Å². The van der Waals surface area contributed by atoms with Crippen molar-refractivity contribution in [3.05, 3.63) is 53.1 Å². The molecule has 7 nitrogen and oxygen atoms in total. The average Bonchev–Trinajstić information content (AvgIpc) is 2.64. The summed E-state index contributed by atoms with van der Waals surface area (Å²) in [6, 6.07) is 11.9. The van der Waals surface area contributed by atoms with Gasteiger partial charge in [0.1, 0.15) is 11.5 Å². The van der Waals surface area contributed by atoms with Crippen LogP contribution in [0.25, 0.3) is 0 Å². The molecule has 0 unspecified atom stereocenters. The topological polar surface area (TPSA) is 84.9 Å². The minimum absolute atomic E-state index is 0.135. The Balaban J connectivity index is 1.79. The SMILES string of the molecule is COc1ccccc1CNC(=O)[C@@H]1CN(S(C)(=O)=O)c2cc(Cl)ccc2O1. The Morgan fingerprint density at radius 1 is 1.33 bits per heavy atom. The van der Waals surface area contributed by atoms with Gasteiger partial charge in [0.2, 0.25) is 10.0 Å². The molecule has 0 spiro atoms. The molecule has 0 radical (unpaired) electrons. The molecule has 1 heterocycles. The van der Waals surface area contributed by atoms with Crippen LogP contribution in [-0.4, -0.2) is 40.3 Å². The molecule has 2 aromatic rings. The fourth-order valence-corrected chi connectivity index (χ4v) is 3.89. The minimum atomic E-state index is -3.61. The van der Waals surface area contributed by atoms with Gasteiger partial charge >= 0.3 is 0 Å². The van der Waals surface area contributed by atoms with Gasteiger partial charge in [-0.15, -0.1) is 0 Å². The van der Waals surface area contributed by atoms with Gasteiger partial charge in [0.05, 0.1) is 25.6 Å². The van der Waals surface area contributed by atoms with E-state index in [1.165, 1.54) is 6.07 Å². The first-order valence-electron chi connectivity index (χ1n) is 8.13. The normalized spacial score (nSPS) is 16.3. The van der Waals surface area contributed by atoms with Gasteiger partial charge in [-0.25, -0.2) is 8.42 Å². The zero-order valence-electron chi connectivity index (χ0n) is 14.8. The lowest BCUT2D eigenvalue weighted by Crippen LogP contribution is -2.50. The summed E-state index contributed by atoms with van der Waals surface area (Å²) < 4.78 is 36.4. The van der Waals surface area contributed by atoms with Crippen LogP contribution in [0.2, 0.25) is 5.02 Å². The first-order valence-corrected chi connectivity index (χ1v) is 10.4. The first-order chi connectivity index (χ1) is 12.8. The third-order valence-electron chi connectivity index (χ3n) is 4.13. The first kappa shape index (κ1) is 19.3. The number of hydrogen-bond acceptors (Lipinski definition) is 5. The van der Waals surface area contributed by atoms with E-state index in [9.17, 15) is 13.2 Å². The summed E-state index contributed by atoms with van der Waals surface area (Å²) in [5.74, 6) is 0.517. The summed E-state index contributed by atoms with van der Waals surface area (Å²) in [7, 11) is -2.05. The van der Waals surface area contributed by atoms with Crippen molar-refractivity contribution in [1.29, 1.82) is 0 Å². The van der Waals surface area contributed by atoms with E-state index in [0.29, 0.717) is 16.5 Å². The number of benzene rings is 2. The molecule has 0 bridgehead atoms. The highest BCUT2D eigenvalue weighted by molar-refractivity contribution is 7.92. The molecule has 0 aliphatic carbocycles. The van der Waals surface area contributed by atoms with Gasteiger partial charge in [0, 0.05) is 17.1 Å². The van der Waals surface area contributed by atoms with Crippen molar-refractivity contribution in [2.75, 3.05) is 24.2 Å². The molecule has 1 N–H and O–H groups in total. The number of carbonyl (C=O) groups is 1. The van der Waals surface area contributed by atoms with Crippen LogP contribution >= 0.6 is 11.6 Å². The number of methoxy groups -OCH3 is 1. The zero-order chi connectivity index (χ0) is 19.6. The van der Waals surface area contributed by atoms with Crippen LogP contribution in [0.5, 0.6) is 11.5 Å². The second kappa shape index (κ2) is 7.66. The largest absolute Gasteiger partial charge is 0.496 e. The number of ether oxygens (including phenoxy) is 2. The predicted octanol–water partition coefficient (Wildman–Crippen LogP) is 2.19. The molecular formula is C18H19ClN2O5S. The molecule has 0 fully saturated rings. The summed E-state index contributed by atoms with van der Waals surface area (Å²) in [6.07, 6.45) is 0.0930. The van der Waals surface area contributed by atoms with E-state index in [-0.39, 0.29) is 18.8 Å². The van der Waals surface area contributed by atoms with Crippen LogP contribution in [0, 0.1) is 0 Å². The van der Waals surface area contributed by atoms with E-state index >= 15 is 0 Å². The van der Waals surface area contributed by atoms with Crippen molar-refractivity contribution in [3.8, 4) is 11.5 Å². The number of nitrogens with one attached hydrogen (secondary N) is 1. The Bertz CT molecular complexity index is 964. The van der Waals surface area contributed by atoms with E-state index in [0.717, 1.165) is 16.1 Å². The molecule has 0 aromatic heterocycles. The van der Waals surface area contributed by atoms with Crippen molar-refractivity contribution >= 4 is 33.2 Å². The molecule has 1 aliphatic rings. The number of para-hydroxylation sites is 1. The number of carbonyl (C=O) groups excluding carboxylic acids is 1. The third-order valence-corrected chi connectivity index (χ3v) is 5.51. The van der Waals surface area contributed by atoms with Gasteiger partial charge in [-0.05, 0) is 24.3 Å². The standard InChI is InChI=1S/C18H19ClN2O5S/c1-25-15-6-4-3-5-12(15)10-20-18(22)17-11-21(27(2,23)24)14-9-13(19)7-8-16(14)26-17/h3-9,17H,10-11H2,1-2H3,(H,20,22)/t17-/m0/s1. The molecule has 1 aliphatic heterocycles. The summed E-state index contributed by atoms with van der Waals surface area (Å²) in [4.78, 5) is 12.6. The van der Waals surface area contributed by atoms with Crippen molar-refractivity contribution < 1.29 is 22.7 Å². The van der Waals surface area contributed by atoms with Gasteiger partial charge in [-0.1, -0.05) is 29.8 Å². The summed E-state index contributed by atoms with van der Waals surface area (Å²) in [5, 5.41) is 3.15. The molecule has 1 amide bonds. The van der Waals surface area contributed by atoms with Gasteiger partial charge in [-0.3, -0.25) is 9.10 Å². The third kappa shape index (κ3) is 4.28. The van der Waals surface area contributed by atoms with Crippen LogP contribution in [-0.2, 0) is 21.4 Å². The number of sulfonamides is 1. The quantitative estimate of drug-likeness (QED) is 0.816. The Hall–Kier alpha value is -2.45.